The number of hydrogen-bond acceptors (Lipinski definition) is 4. The van der Waals surface area contributed by atoms with Gasteiger partial charge in [0.2, 0.25) is 5.91 Å². The molecule has 1 aliphatic rings. The Morgan fingerprint density at radius 2 is 1.97 bits per heavy atom. The lowest BCUT2D eigenvalue weighted by atomic mass is 10.1. The second kappa shape index (κ2) is 12.3. The summed E-state index contributed by atoms with van der Waals surface area (Å²) < 4.78 is 5.68. The lowest BCUT2D eigenvalue weighted by Crippen LogP contribution is -2.44. The van der Waals surface area contributed by atoms with Crippen LogP contribution in [0.25, 0.3) is 0 Å². The van der Waals surface area contributed by atoms with Gasteiger partial charge >= 0.3 is 0 Å². The van der Waals surface area contributed by atoms with Crippen molar-refractivity contribution in [3.8, 4) is 0 Å². The molecule has 32 heavy (non-hydrogen) atoms. The molecular formula is C25H37N5O2. The summed E-state index contributed by atoms with van der Waals surface area (Å²) in [4.78, 5) is 21.2. The van der Waals surface area contributed by atoms with Gasteiger partial charge in [-0.2, -0.15) is 0 Å². The van der Waals surface area contributed by atoms with Crippen molar-refractivity contribution >= 4 is 11.9 Å². The Bertz CT molecular complexity index is 833. The number of carbonyl (C=O) groups excluding carboxylic acids is 1. The first-order chi connectivity index (χ1) is 15.6. The Labute approximate surface area is 191 Å². The Balaban J connectivity index is 1.46. The van der Waals surface area contributed by atoms with Gasteiger partial charge in [-0.25, -0.2) is 0 Å². The number of nitrogens with zero attached hydrogens (tertiary/aromatic N) is 3. The summed E-state index contributed by atoms with van der Waals surface area (Å²) in [5.41, 5.74) is 1.27. The van der Waals surface area contributed by atoms with Crippen molar-refractivity contribution in [3.63, 3.8) is 0 Å². The lowest BCUT2D eigenvalue weighted by molar-refractivity contribution is -0.127. The van der Waals surface area contributed by atoms with E-state index in [-0.39, 0.29) is 11.9 Å². The standard InChI is InChI=1S/C25H37N5O2/c1-4-29(5-2)22(23-12-9-15-32-23)18-28-25(26-3)27-17-21-16-24(31)30(19-21)14-13-20-10-7-6-8-11-20/h6-12,15,21-22H,4-5,13-14,16-19H2,1-3H3,(H2,26,27,28). The first kappa shape index (κ1) is 23.9. The molecule has 2 aromatic rings. The third kappa shape index (κ3) is 6.60. The third-order valence-corrected chi connectivity index (χ3v) is 6.18. The van der Waals surface area contributed by atoms with E-state index in [0.717, 1.165) is 50.9 Å². The highest BCUT2D eigenvalue weighted by atomic mass is 16.3. The van der Waals surface area contributed by atoms with Crippen LogP contribution in [0.1, 0.15) is 37.6 Å². The number of likely N-dealkylation sites (N-methyl/N-ethyl adjacent to an activating group) is 1. The molecule has 7 heteroatoms. The summed E-state index contributed by atoms with van der Waals surface area (Å²) in [5, 5.41) is 6.85. The van der Waals surface area contributed by atoms with Crippen molar-refractivity contribution in [2.24, 2.45) is 10.9 Å². The Hall–Kier alpha value is -2.80. The molecule has 1 fully saturated rings. The number of nitrogens with one attached hydrogen (secondary N) is 2. The maximum Gasteiger partial charge on any atom is 0.223 e. The summed E-state index contributed by atoms with van der Waals surface area (Å²) >= 11 is 0. The topological polar surface area (TPSA) is 73.1 Å². The fraction of sp³-hybridized carbons (Fsp3) is 0.520. The number of rotatable bonds is 11. The highest BCUT2D eigenvalue weighted by Crippen LogP contribution is 2.20. The van der Waals surface area contributed by atoms with Gasteiger partial charge in [-0.3, -0.25) is 14.7 Å². The van der Waals surface area contributed by atoms with Gasteiger partial charge in [-0.1, -0.05) is 44.2 Å². The van der Waals surface area contributed by atoms with Gasteiger partial charge in [0.1, 0.15) is 5.76 Å². The van der Waals surface area contributed by atoms with Gasteiger partial charge in [-0.05, 0) is 37.2 Å². The van der Waals surface area contributed by atoms with E-state index in [9.17, 15) is 4.79 Å². The highest BCUT2D eigenvalue weighted by Gasteiger charge is 2.29. The van der Waals surface area contributed by atoms with E-state index in [1.165, 1.54) is 5.56 Å². The van der Waals surface area contributed by atoms with Gasteiger partial charge in [0, 0.05) is 45.6 Å². The normalized spacial score (nSPS) is 17.8. The van der Waals surface area contributed by atoms with E-state index in [4.69, 9.17) is 4.42 Å². The zero-order chi connectivity index (χ0) is 22.8. The zero-order valence-electron chi connectivity index (χ0n) is 19.6. The van der Waals surface area contributed by atoms with Gasteiger partial charge < -0.3 is 20.0 Å². The van der Waals surface area contributed by atoms with Crippen LogP contribution in [0.5, 0.6) is 0 Å². The zero-order valence-corrected chi connectivity index (χ0v) is 19.6. The quantitative estimate of drug-likeness (QED) is 0.416. The lowest BCUT2D eigenvalue weighted by Gasteiger charge is -2.29. The van der Waals surface area contributed by atoms with E-state index < -0.39 is 0 Å². The molecule has 2 atom stereocenters. The molecule has 0 radical (unpaired) electrons. The predicted molar refractivity (Wildman–Crippen MR) is 129 cm³/mol. The van der Waals surface area contributed by atoms with Crippen molar-refractivity contribution in [1.82, 2.24) is 20.4 Å². The van der Waals surface area contributed by atoms with Crippen molar-refractivity contribution in [1.29, 1.82) is 0 Å². The number of carbonyl (C=O) groups is 1. The summed E-state index contributed by atoms with van der Waals surface area (Å²) in [5.74, 6) is 2.24. The molecule has 2 heterocycles. The summed E-state index contributed by atoms with van der Waals surface area (Å²) in [7, 11) is 1.78. The molecular weight excluding hydrogens is 402 g/mol. The highest BCUT2D eigenvalue weighted by molar-refractivity contribution is 5.80. The van der Waals surface area contributed by atoms with E-state index in [1.807, 2.05) is 35.2 Å². The average molecular weight is 440 g/mol. The largest absolute Gasteiger partial charge is 0.468 e. The minimum atomic E-state index is 0.139. The summed E-state index contributed by atoms with van der Waals surface area (Å²) in [6.07, 6.45) is 3.21. The molecule has 3 rings (SSSR count). The number of aliphatic imine (C=N–C) groups is 1. The van der Waals surface area contributed by atoms with Crippen LogP contribution in [0, 0.1) is 5.92 Å². The Kier molecular flexibility index (Phi) is 9.16. The molecule has 1 amide bonds. The van der Waals surface area contributed by atoms with Crippen molar-refractivity contribution in [2.45, 2.75) is 32.7 Å². The molecule has 7 nitrogen and oxygen atoms in total. The fourth-order valence-electron chi connectivity index (χ4n) is 4.33. The van der Waals surface area contributed by atoms with Gasteiger partial charge in [0.15, 0.2) is 5.96 Å². The van der Waals surface area contributed by atoms with Crippen LogP contribution >= 0.6 is 0 Å². The molecule has 0 saturated carbocycles. The minimum Gasteiger partial charge on any atom is -0.468 e. The monoisotopic (exact) mass is 439 g/mol. The van der Waals surface area contributed by atoms with Gasteiger partial charge in [-0.15, -0.1) is 0 Å². The van der Waals surface area contributed by atoms with Crippen LogP contribution in [0.4, 0.5) is 0 Å². The maximum absolute atomic E-state index is 12.4. The van der Waals surface area contributed by atoms with Crippen molar-refractivity contribution in [3.05, 3.63) is 60.1 Å². The van der Waals surface area contributed by atoms with Crippen LogP contribution in [-0.4, -0.2) is 68.0 Å². The van der Waals surface area contributed by atoms with E-state index in [1.54, 1.807) is 13.3 Å². The molecule has 0 aliphatic carbocycles. The number of amides is 1. The number of guanidine groups is 1. The van der Waals surface area contributed by atoms with Crippen molar-refractivity contribution < 1.29 is 9.21 Å². The first-order valence-corrected chi connectivity index (χ1v) is 11.7. The van der Waals surface area contributed by atoms with E-state index in [0.29, 0.717) is 18.9 Å². The predicted octanol–water partition coefficient (Wildman–Crippen LogP) is 2.92. The number of furan rings is 1. The Morgan fingerprint density at radius 1 is 1.19 bits per heavy atom. The van der Waals surface area contributed by atoms with Crippen molar-refractivity contribution in [2.75, 3.05) is 46.3 Å². The molecule has 1 aromatic heterocycles. The molecule has 2 N–H and O–H groups in total. The number of benzene rings is 1. The minimum absolute atomic E-state index is 0.139. The number of hydrogen-bond donors (Lipinski definition) is 2. The van der Waals surface area contributed by atoms with E-state index >= 15 is 0 Å². The molecule has 2 unspecified atom stereocenters. The molecule has 1 aliphatic heterocycles. The van der Waals surface area contributed by atoms with Crippen LogP contribution < -0.4 is 10.6 Å². The van der Waals surface area contributed by atoms with Gasteiger partial charge in [0.05, 0.1) is 12.3 Å². The summed E-state index contributed by atoms with van der Waals surface area (Å²) in [6.45, 7) is 9.20. The van der Waals surface area contributed by atoms with Crippen LogP contribution in [0.15, 0.2) is 58.1 Å². The van der Waals surface area contributed by atoms with Crippen LogP contribution in [-0.2, 0) is 11.2 Å². The van der Waals surface area contributed by atoms with Gasteiger partial charge in [0.25, 0.3) is 0 Å². The molecule has 0 spiro atoms. The smallest absolute Gasteiger partial charge is 0.223 e. The SMILES string of the molecule is CCN(CC)C(CNC(=NC)NCC1CC(=O)N(CCc2ccccc2)C1)c1ccco1. The summed E-state index contributed by atoms with van der Waals surface area (Å²) in [6, 6.07) is 14.4. The molecule has 174 valence electrons. The number of likely N-dealkylation sites (tertiary alicyclic amines) is 1. The van der Waals surface area contributed by atoms with E-state index in [2.05, 4.69) is 46.5 Å². The van der Waals surface area contributed by atoms with Crippen LogP contribution in [0.3, 0.4) is 0 Å². The fourth-order valence-corrected chi connectivity index (χ4v) is 4.33. The third-order valence-electron chi connectivity index (χ3n) is 6.18. The maximum atomic E-state index is 12.4. The second-order valence-corrected chi connectivity index (χ2v) is 8.23. The Morgan fingerprint density at radius 3 is 2.62 bits per heavy atom. The molecule has 1 aromatic carbocycles. The average Bonchev–Trinajstić information content (AvgIpc) is 3.47. The molecule has 1 saturated heterocycles. The molecule has 0 bridgehead atoms. The second-order valence-electron chi connectivity index (χ2n) is 8.23. The first-order valence-electron chi connectivity index (χ1n) is 11.7. The van der Waals surface area contributed by atoms with Crippen LogP contribution in [0.2, 0.25) is 0 Å².